The van der Waals surface area contributed by atoms with Crippen LogP contribution in [0.15, 0.2) is 18.2 Å². The quantitative estimate of drug-likeness (QED) is 0.842. The van der Waals surface area contributed by atoms with Crippen LogP contribution in [0.3, 0.4) is 0 Å². The summed E-state index contributed by atoms with van der Waals surface area (Å²) in [6, 6.07) is 5.37. The fraction of sp³-hybridized carbons (Fsp3) is 0.500. The van der Waals surface area contributed by atoms with Crippen LogP contribution in [-0.4, -0.2) is 17.1 Å². The molecule has 0 radical (unpaired) electrons. The summed E-state index contributed by atoms with van der Waals surface area (Å²) in [4.78, 5) is 16.6. The second-order valence-electron chi connectivity index (χ2n) is 6.01. The van der Waals surface area contributed by atoms with Crippen LogP contribution in [0.25, 0.3) is 10.2 Å². The maximum absolute atomic E-state index is 12.8. The molecule has 1 aromatic carbocycles. The van der Waals surface area contributed by atoms with Crippen molar-refractivity contribution in [2.45, 2.75) is 38.8 Å². The summed E-state index contributed by atoms with van der Waals surface area (Å²) in [5.41, 5.74) is 1.47. The van der Waals surface area contributed by atoms with Gasteiger partial charge in [-0.25, -0.2) is 4.98 Å². The van der Waals surface area contributed by atoms with Crippen LogP contribution < -0.4 is 5.32 Å². The van der Waals surface area contributed by atoms with Gasteiger partial charge in [0.2, 0.25) is 5.91 Å². The Morgan fingerprint density at radius 2 is 2.13 bits per heavy atom. The number of benzene rings is 1. The zero-order chi connectivity index (χ0) is 16.6. The topological polar surface area (TPSA) is 42.0 Å². The van der Waals surface area contributed by atoms with Gasteiger partial charge < -0.3 is 5.32 Å². The Bertz CT molecular complexity index is 726. The van der Waals surface area contributed by atoms with E-state index in [-0.39, 0.29) is 18.7 Å². The normalized spacial score (nSPS) is 22.3. The number of nitrogens with one attached hydrogen (secondary N) is 1. The number of aromatic nitrogens is 1. The van der Waals surface area contributed by atoms with E-state index in [2.05, 4.69) is 10.3 Å². The summed E-state index contributed by atoms with van der Waals surface area (Å²) in [7, 11) is 0. The second kappa shape index (κ2) is 6.11. The van der Waals surface area contributed by atoms with Gasteiger partial charge in [0.1, 0.15) is 0 Å². The lowest BCUT2D eigenvalue weighted by atomic mass is 9.80. The van der Waals surface area contributed by atoms with Gasteiger partial charge in [-0.3, -0.25) is 4.79 Å². The van der Waals surface area contributed by atoms with Crippen molar-refractivity contribution in [3.05, 3.63) is 23.2 Å². The number of halogens is 3. The Morgan fingerprint density at radius 1 is 1.35 bits per heavy atom. The zero-order valence-electron chi connectivity index (χ0n) is 12.6. The first-order valence-corrected chi connectivity index (χ1v) is 8.39. The number of thiazole rings is 1. The second-order valence-corrected chi connectivity index (χ2v) is 7.24. The highest BCUT2D eigenvalue weighted by atomic mass is 32.1. The van der Waals surface area contributed by atoms with Crippen LogP contribution in [0.1, 0.15) is 30.7 Å². The lowest BCUT2D eigenvalue weighted by Gasteiger charge is -2.29. The third-order valence-electron chi connectivity index (χ3n) is 4.27. The molecule has 1 heterocycles. The van der Waals surface area contributed by atoms with Gasteiger partial charge in [-0.1, -0.05) is 6.42 Å². The average Bonchev–Trinajstić information content (AvgIpc) is 2.86. The molecule has 0 spiro atoms. The van der Waals surface area contributed by atoms with Crippen LogP contribution >= 0.6 is 11.3 Å². The van der Waals surface area contributed by atoms with Gasteiger partial charge in [0, 0.05) is 11.6 Å². The minimum absolute atomic E-state index is 0.114. The molecule has 124 valence electrons. The fourth-order valence-corrected chi connectivity index (χ4v) is 3.95. The van der Waals surface area contributed by atoms with Crippen molar-refractivity contribution >= 4 is 33.1 Å². The number of anilines is 1. The molecule has 1 amide bonds. The van der Waals surface area contributed by atoms with E-state index in [1.807, 2.05) is 19.1 Å². The number of nitrogens with zero attached hydrogens (tertiary/aromatic N) is 1. The van der Waals surface area contributed by atoms with E-state index in [4.69, 9.17) is 0 Å². The molecule has 1 saturated carbocycles. The van der Waals surface area contributed by atoms with Gasteiger partial charge in [0.25, 0.3) is 0 Å². The van der Waals surface area contributed by atoms with Gasteiger partial charge in [0.15, 0.2) is 0 Å². The molecule has 0 saturated heterocycles. The standard InChI is InChI=1S/C16H17F3N2OS/c1-9-20-13-6-5-12(8-14(13)23-9)21-15(22)10-3-2-4-11(7-10)16(17,18)19/h5-6,8,10-11H,2-4,7H2,1H3,(H,21,22). The van der Waals surface area contributed by atoms with E-state index in [0.717, 1.165) is 15.2 Å². The molecular formula is C16H17F3N2OS. The largest absolute Gasteiger partial charge is 0.391 e. The number of carbonyl (C=O) groups excluding carboxylic acids is 1. The number of aryl methyl sites for hydroxylation is 1. The Labute approximate surface area is 135 Å². The van der Waals surface area contributed by atoms with Crippen molar-refractivity contribution in [1.82, 2.24) is 4.98 Å². The summed E-state index contributed by atoms with van der Waals surface area (Å²) < 4.78 is 39.5. The van der Waals surface area contributed by atoms with Crippen LogP contribution in [0.5, 0.6) is 0 Å². The Kier molecular flexibility index (Phi) is 4.31. The SMILES string of the molecule is Cc1nc2ccc(NC(=O)C3CCCC(C(F)(F)F)C3)cc2s1. The van der Waals surface area contributed by atoms with Crippen molar-refractivity contribution < 1.29 is 18.0 Å². The molecule has 0 bridgehead atoms. The lowest BCUT2D eigenvalue weighted by molar-refractivity contribution is -0.185. The van der Waals surface area contributed by atoms with E-state index in [9.17, 15) is 18.0 Å². The first-order chi connectivity index (χ1) is 10.8. The van der Waals surface area contributed by atoms with Crippen LogP contribution in [0.2, 0.25) is 0 Å². The molecule has 3 rings (SSSR count). The average molecular weight is 342 g/mol. The van der Waals surface area contributed by atoms with Crippen molar-refractivity contribution in [2.24, 2.45) is 11.8 Å². The highest BCUT2D eigenvalue weighted by Crippen LogP contribution is 2.40. The minimum atomic E-state index is -4.21. The summed E-state index contributed by atoms with van der Waals surface area (Å²) in [6.07, 6.45) is -3.25. The van der Waals surface area contributed by atoms with Gasteiger partial charge in [-0.05, 0) is 44.4 Å². The van der Waals surface area contributed by atoms with Crippen molar-refractivity contribution in [2.75, 3.05) is 5.32 Å². The number of amides is 1. The summed E-state index contributed by atoms with van der Waals surface area (Å²) in [6.45, 7) is 1.90. The summed E-state index contributed by atoms with van der Waals surface area (Å²) in [5, 5.41) is 3.69. The first kappa shape index (κ1) is 16.2. The number of carbonyl (C=O) groups is 1. The van der Waals surface area contributed by atoms with Crippen molar-refractivity contribution in [3.63, 3.8) is 0 Å². The Morgan fingerprint density at radius 3 is 2.87 bits per heavy atom. The predicted octanol–water partition coefficient (Wildman–Crippen LogP) is 4.91. The summed E-state index contributed by atoms with van der Waals surface area (Å²) >= 11 is 1.52. The number of fused-ring (bicyclic) bond motifs is 1. The molecule has 7 heteroatoms. The molecule has 1 N–H and O–H groups in total. The Balaban J connectivity index is 1.70. The van der Waals surface area contributed by atoms with Crippen LogP contribution in [0, 0.1) is 18.8 Å². The number of rotatable bonds is 2. The van der Waals surface area contributed by atoms with Gasteiger partial charge in [-0.15, -0.1) is 11.3 Å². The molecular weight excluding hydrogens is 325 g/mol. The van der Waals surface area contributed by atoms with E-state index in [0.29, 0.717) is 18.5 Å². The lowest BCUT2D eigenvalue weighted by Crippen LogP contribution is -2.34. The molecule has 1 aromatic heterocycles. The van der Waals surface area contributed by atoms with Gasteiger partial charge >= 0.3 is 6.18 Å². The van der Waals surface area contributed by atoms with Crippen molar-refractivity contribution in [3.8, 4) is 0 Å². The van der Waals surface area contributed by atoms with E-state index in [1.165, 1.54) is 11.3 Å². The Hall–Kier alpha value is -1.63. The molecule has 0 aliphatic heterocycles. The van der Waals surface area contributed by atoms with Gasteiger partial charge in [-0.2, -0.15) is 13.2 Å². The molecule has 2 aromatic rings. The van der Waals surface area contributed by atoms with E-state index < -0.39 is 18.0 Å². The number of alkyl halides is 3. The number of hydrogen-bond donors (Lipinski definition) is 1. The molecule has 23 heavy (non-hydrogen) atoms. The minimum Gasteiger partial charge on any atom is -0.326 e. The van der Waals surface area contributed by atoms with Crippen LogP contribution in [0.4, 0.5) is 18.9 Å². The molecule has 3 nitrogen and oxygen atoms in total. The third-order valence-corrected chi connectivity index (χ3v) is 5.20. The van der Waals surface area contributed by atoms with E-state index in [1.54, 1.807) is 6.07 Å². The molecule has 2 atom stereocenters. The smallest absolute Gasteiger partial charge is 0.326 e. The maximum atomic E-state index is 12.8. The van der Waals surface area contributed by atoms with E-state index >= 15 is 0 Å². The molecule has 1 aliphatic rings. The number of hydrogen-bond acceptors (Lipinski definition) is 3. The predicted molar refractivity (Wildman–Crippen MR) is 84.5 cm³/mol. The maximum Gasteiger partial charge on any atom is 0.391 e. The first-order valence-electron chi connectivity index (χ1n) is 7.57. The highest BCUT2D eigenvalue weighted by Gasteiger charge is 2.43. The third kappa shape index (κ3) is 3.65. The van der Waals surface area contributed by atoms with Crippen molar-refractivity contribution in [1.29, 1.82) is 0 Å². The molecule has 2 unspecified atom stereocenters. The fourth-order valence-electron chi connectivity index (χ4n) is 3.09. The summed E-state index contributed by atoms with van der Waals surface area (Å²) in [5.74, 6) is -2.26. The van der Waals surface area contributed by atoms with Gasteiger partial charge in [0.05, 0.1) is 21.1 Å². The zero-order valence-corrected chi connectivity index (χ0v) is 13.4. The van der Waals surface area contributed by atoms with Crippen LogP contribution in [-0.2, 0) is 4.79 Å². The highest BCUT2D eigenvalue weighted by molar-refractivity contribution is 7.18. The monoisotopic (exact) mass is 342 g/mol. The molecule has 1 aliphatic carbocycles. The molecule has 1 fully saturated rings.